The normalized spacial score (nSPS) is 10.3. The molecule has 0 radical (unpaired) electrons. The minimum atomic E-state index is -0.332. The lowest BCUT2D eigenvalue weighted by Gasteiger charge is -2.11. The molecule has 0 atom stereocenters. The van der Waals surface area contributed by atoms with E-state index in [9.17, 15) is 4.39 Å². The zero-order valence-corrected chi connectivity index (χ0v) is 12.6. The van der Waals surface area contributed by atoms with Gasteiger partial charge in [0.1, 0.15) is 24.0 Å². The van der Waals surface area contributed by atoms with E-state index in [4.69, 9.17) is 27.5 Å². The van der Waals surface area contributed by atoms with Gasteiger partial charge in [0.05, 0.1) is 10.0 Å². The van der Waals surface area contributed by atoms with Crippen molar-refractivity contribution in [2.24, 2.45) is 5.73 Å². The third-order valence-electron chi connectivity index (χ3n) is 2.61. The summed E-state index contributed by atoms with van der Waals surface area (Å²) in [7, 11) is 0. The molecule has 0 fully saturated rings. The molecule has 0 unspecified atom stereocenters. The molecule has 0 amide bonds. The number of rotatable bonds is 4. The van der Waals surface area contributed by atoms with Gasteiger partial charge in [-0.25, -0.2) is 4.39 Å². The van der Waals surface area contributed by atoms with Gasteiger partial charge in [-0.2, -0.15) is 0 Å². The van der Waals surface area contributed by atoms with E-state index in [0.717, 1.165) is 5.56 Å². The number of nitrogens with two attached hydrogens (primary N) is 1. The Labute approximate surface area is 129 Å². The van der Waals surface area contributed by atoms with Crippen LogP contribution < -0.4 is 10.5 Å². The number of amidine groups is 1. The van der Waals surface area contributed by atoms with Crippen LogP contribution in [0.5, 0.6) is 5.75 Å². The van der Waals surface area contributed by atoms with Crippen LogP contribution in [0.25, 0.3) is 0 Å². The Balaban J connectivity index is 2.20. The second-order valence-corrected chi connectivity index (χ2v) is 5.38. The fraction of sp³-hybridized carbons (Fsp3) is 0.0714. The van der Waals surface area contributed by atoms with Crippen molar-refractivity contribution in [3.05, 3.63) is 62.8 Å². The highest BCUT2D eigenvalue weighted by Crippen LogP contribution is 2.25. The molecule has 0 spiro atoms. The highest BCUT2D eigenvalue weighted by atomic mass is 79.9. The molecule has 0 aromatic heterocycles. The Morgan fingerprint density at radius 2 is 2.05 bits per heavy atom. The van der Waals surface area contributed by atoms with Crippen molar-refractivity contribution in [2.45, 2.75) is 6.61 Å². The highest BCUT2D eigenvalue weighted by molar-refractivity contribution is 9.10. The minimum Gasteiger partial charge on any atom is -0.488 e. The van der Waals surface area contributed by atoms with Gasteiger partial charge in [0.25, 0.3) is 0 Å². The zero-order valence-electron chi connectivity index (χ0n) is 10.3. The summed E-state index contributed by atoms with van der Waals surface area (Å²) >= 11 is 9.02. The number of nitrogens with one attached hydrogen (secondary N) is 1. The van der Waals surface area contributed by atoms with Gasteiger partial charge in [-0.3, -0.25) is 5.41 Å². The van der Waals surface area contributed by atoms with Gasteiger partial charge in [-0.15, -0.1) is 0 Å². The van der Waals surface area contributed by atoms with Crippen molar-refractivity contribution in [1.82, 2.24) is 0 Å². The molecule has 0 aliphatic carbocycles. The van der Waals surface area contributed by atoms with Crippen LogP contribution in [0, 0.1) is 11.2 Å². The van der Waals surface area contributed by atoms with Crippen molar-refractivity contribution in [3.8, 4) is 5.75 Å². The Morgan fingerprint density at radius 1 is 1.30 bits per heavy atom. The predicted octanol–water partition coefficient (Wildman–Crippen LogP) is 4.10. The molecule has 0 saturated carbocycles. The molecule has 6 heteroatoms. The van der Waals surface area contributed by atoms with Crippen molar-refractivity contribution in [1.29, 1.82) is 5.41 Å². The van der Waals surface area contributed by atoms with E-state index in [0.29, 0.717) is 20.8 Å². The Bertz CT molecular complexity index is 664. The zero-order chi connectivity index (χ0) is 14.7. The van der Waals surface area contributed by atoms with Crippen molar-refractivity contribution in [2.75, 3.05) is 0 Å². The quantitative estimate of drug-likeness (QED) is 0.639. The van der Waals surface area contributed by atoms with Crippen LogP contribution in [0.2, 0.25) is 5.02 Å². The van der Waals surface area contributed by atoms with Crippen LogP contribution in [0.1, 0.15) is 11.1 Å². The third kappa shape index (κ3) is 3.49. The summed E-state index contributed by atoms with van der Waals surface area (Å²) in [6.07, 6.45) is 0. The number of hydrogen-bond acceptors (Lipinski definition) is 2. The number of nitrogen functional groups attached to an aromatic ring is 1. The lowest BCUT2D eigenvalue weighted by molar-refractivity contribution is 0.305. The first kappa shape index (κ1) is 14.8. The summed E-state index contributed by atoms with van der Waals surface area (Å²) in [6.45, 7) is 0.222. The molecule has 0 heterocycles. The van der Waals surface area contributed by atoms with Gasteiger partial charge in [0, 0.05) is 5.02 Å². The lowest BCUT2D eigenvalue weighted by Crippen LogP contribution is -2.13. The molecule has 2 aromatic carbocycles. The Kier molecular flexibility index (Phi) is 4.62. The second kappa shape index (κ2) is 6.24. The molecule has 104 valence electrons. The van der Waals surface area contributed by atoms with E-state index >= 15 is 0 Å². The van der Waals surface area contributed by atoms with Crippen molar-refractivity contribution < 1.29 is 9.13 Å². The first-order valence-electron chi connectivity index (χ1n) is 5.68. The minimum absolute atomic E-state index is 0.100. The lowest BCUT2D eigenvalue weighted by atomic mass is 10.2. The van der Waals surface area contributed by atoms with E-state index in [-0.39, 0.29) is 18.3 Å². The summed E-state index contributed by atoms with van der Waals surface area (Å²) in [5.74, 6) is -0.0108. The van der Waals surface area contributed by atoms with Gasteiger partial charge in [0.2, 0.25) is 0 Å². The third-order valence-corrected chi connectivity index (χ3v) is 3.45. The summed E-state index contributed by atoms with van der Waals surface area (Å²) in [4.78, 5) is 0. The molecule has 0 aliphatic rings. The van der Waals surface area contributed by atoms with E-state index in [1.807, 2.05) is 0 Å². The number of halogens is 3. The Hall–Kier alpha value is -1.59. The van der Waals surface area contributed by atoms with Gasteiger partial charge in [-0.05, 0) is 51.8 Å². The maximum absolute atomic E-state index is 13.1. The van der Waals surface area contributed by atoms with E-state index in [1.54, 1.807) is 30.3 Å². The number of hydrogen-bond donors (Lipinski definition) is 2. The molecular formula is C14H11BrClFN2O. The topological polar surface area (TPSA) is 59.1 Å². The largest absolute Gasteiger partial charge is 0.488 e. The van der Waals surface area contributed by atoms with Crippen LogP contribution in [0.4, 0.5) is 4.39 Å². The van der Waals surface area contributed by atoms with E-state index < -0.39 is 0 Å². The molecule has 0 aliphatic heterocycles. The Morgan fingerprint density at radius 3 is 2.70 bits per heavy atom. The van der Waals surface area contributed by atoms with Gasteiger partial charge in [0.15, 0.2) is 0 Å². The van der Waals surface area contributed by atoms with Gasteiger partial charge in [-0.1, -0.05) is 17.7 Å². The smallest absolute Gasteiger partial charge is 0.137 e. The van der Waals surface area contributed by atoms with Gasteiger partial charge >= 0.3 is 0 Å². The second-order valence-electron chi connectivity index (χ2n) is 4.09. The number of benzene rings is 2. The molecular weight excluding hydrogens is 347 g/mol. The van der Waals surface area contributed by atoms with E-state index in [2.05, 4.69) is 15.9 Å². The summed E-state index contributed by atoms with van der Waals surface area (Å²) < 4.78 is 19.1. The average Bonchev–Trinajstić information content (AvgIpc) is 2.40. The van der Waals surface area contributed by atoms with E-state index in [1.165, 1.54) is 6.07 Å². The monoisotopic (exact) mass is 356 g/mol. The molecule has 20 heavy (non-hydrogen) atoms. The maximum Gasteiger partial charge on any atom is 0.137 e. The molecule has 0 bridgehead atoms. The van der Waals surface area contributed by atoms with Gasteiger partial charge < -0.3 is 10.5 Å². The van der Waals surface area contributed by atoms with Crippen LogP contribution in [0.3, 0.4) is 0 Å². The predicted molar refractivity (Wildman–Crippen MR) is 80.9 cm³/mol. The maximum atomic E-state index is 13.1. The molecule has 3 nitrogen and oxygen atoms in total. The first-order chi connectivity index (χ1) is 9.47. The van der Waals surface area contributed by atoms with Crippen LogP contribution >= 0.6 is 27.5 Å². The first-order valence-corrected chi connectivity index (χ1v) is 6.85. The fourth-order valence-electron chi connectivity index (χ4n) is 1.63. The number of ether oxygens (including phenoxy) is 1. The summed E-state index contributed by atoms with van der Waals surface area (Å²) in [5, 5.41) is 7.98. The fourth-order valence-corrected chi connectivity index (χ4v) is 2.22. The SMILES string of the molecule is N=C(N)c1ccc(Cl)cc1OCc1ccc(F)c(Br)c1. The average molecular weight is 358 g/mol. The van der Waals surface area contributed by atoms with Crippen LogP contribution in [-0.4, -0.2) is 5.84 Å². The van der Waals surface area contributed by atoms with Crippen LogP contribution in [-0.2, 0) is 6.61 Å². The molecule has 2 rings (SSSR count). The summed E-state index contributed by atoms with van der Waals surface area (Å²) in [6, 6.07) is 9.47. The molecule has 3 N–H and O–H groups in total. The molecule has 0 saturated heterocycles. The van der Waals surface area contributed by atoms with Crippen LogP contribution in [0.15, 0.2) is 40.9 Å². The van der Waals surface area contributed by atoms with Crippen molar-refractivity contribution in [3.63, 3.8) is 0 Å². The van der Waals surface area contributed by atoms with Crippen molar-refractivity contribution >= 4 is 33.4 Å². The highest BCUT2D eigenvalue weighted by Gasteiger charge is 2.08. The molecule has 2 aromatic rings. The summed E-state index contributed by atoms with van der Waals surface area (Å²) in [5.41, 5.74) is 6.73. The standard InChI is InChI=1S/C14H11BrClFN2O/c15-11-5-8(1-4-12(11)17)7-20-13-6-9(16)2-3-10(13)14(18)19/h1-6H,7H2,(H3,18,19).